The monoisotopic (exact) mass is 268 g/mol. The molecule has 1 aromatic rings. The fraction of sp³-hybridized carbons (Fsp3) is 0.600. The van der Waals surface area contributed by atoms with Crippen molar-refractivity contribution in [2.75, 3.05) is 13.7 Å². The molecule has 1 aliphatic heterocycles. The third kappa shape index (κ3) is 1.93. The molecule has 0 unspecified atom stereocenters. The van der Waals surface area contributed by atoms with E-state index in [1.165, 1.54) is 0 Å². The van der Waals surface area contributed by atoms with E-state index < -0.39 is 17.9 Å². The van der Waals surface area contributed by atoms with E-state index >= 15 is 0 Å². The minimum absolute atomic E-state index is 0.497. The highest BCUT2D eigenvalue weighted by Gasteiger charge is 2.51. The van der Waals surface area contributed by atoms with Gasteiger partial charge in [0, 0.05) is 6.61 Å². The molecule has 2 atom stereocenters. The maximum absolute atomic E-state index is 13.4. The first-order valence-corrected chi connectivity index (χ1v) is 6.77. The van der Waals surface area contributed by atoms with Crippen LogP contribution in [0.15, 0.2) is 18.2 Å². The Bertz CT molecular complexity index is 467. The van der Waals surface area contributed by atoms with E-state index in [1.807, 2.05) is 18.2 Å². The van der Waals surface area contributed by atoms with Gasteiger partial charge in [-0.15, -0.1) is 0 Å². The van der Waals surface area contributed by atoms with Gasteiger partial charge in [0.25, 0.3) is 0 Å². The molecular weight excluding hydrogens is 250 g/mol. The lowest BCUT2D eigenvalue weighted by Gasteiger charge is -2.41. The molecule has 1 fully saturated rings. The Morgan fingerprint density at radius 3 is 2.89 bits per heavy atom. The van der Waals surface area contributed by atoms with Crippen molar-refractivity contribution in [3.63, 3.8) is 0 Å². The molecule has 1 aliphatic carbocycles. The van der Waals surface area contributed by atoms with Crippen molar-refractivity contribution in [2.45, 2.75) is 37.7 Å². The molecule has 0 radical (unpaired) electrons. The molecule has 1 saturated heterocycles. The van der Waals surface area contributed by atoms with Crippen LogP contribution in [0.3, 0.4) is 0 Å². The second-order valence-electron chi connectivity index (χ2n) is 5.34. The number of aryl methyl sites for hydroxylation is 1. The van der Waals surface area contributed by atoms with Gasteiger partial charge in [-0.25, -0.2) is 8.78 Å². The number of hydrogen-bond acceptors (Lipinski definition) is 2. The molecule has 0 aromatic heterocycles. The molecule has 1 heterocycles. The summed E-state index contributed by atoms with van der Waals surface area (Å²) in [5.74, 6) is 0.0122. The van der Waals surface area contributed by atoms with Gasteiger partial charge in [-0.3, -0.25) is 0 Å². The smallest absolute Gasteiger partial charge is 0.244 e. The number of methoxy groups -OCH3 is 1. The molecule has 0 amide bonds. The standard InChI is InChI=1S/C15H18F2O2/c1-18-11-5-3-10-4-6-12(14(16)17)15(13(10)9-11)7-2-8-19-15/h3,5,9,12,14H,2,4,6-8H2,1H3/t12-,15-/m1/s1. The van der Waals surface area contributed by atoms with Crippen molar-refractivity contribution >= 4 is 0 Å². The first-order chi connectivity index (χ1) is 9.17. The van der Waals surface area contributed by atoms with Crippen LogP contribution in [0.5, 0.6) is 5.75 Å². The van der Waals surface area contributed by atoms with E-state index in [0.29, 0.717) is 31.6 Å². The average molecular weight is 268 g/mol. The number of halogens is 2. The van der Waals surface area contributed by atoms with Crippen LogP contribution in [0.25, 0.3) is 0 Å². The highest BCUT2D eigenvalue weighted by molar-refractivity contribution is 5.42. The quantitative estimate of drug-likeness (QED) is 0.817. The maximum Gasteiger partial charge on any atom is 0.244 e. The lowest BCUT2D eigenvalue weighted by atomic mass is 9.70. The predicted molar refractivity (Wildman–Crippen MR) is 67.7 cm³/mol. The van der Waals surface area contributed by atoms with E-state index in [1.54, 1.807) is 7.11 Å². The summed E-state index contributed by atoms with van der Waals surface area (Å²) in [6, 6.07) is 5.76. The summed E-state index contributed by atoms with van der Waals surface area (Å²) in [7, 11) is 1.59. The Kier molecular flexibility index (Phi) is 3.21. The molecule has 19 heavy (non-hydrogen) atoms. The first kappa shape index (κ1) is 12.9. The zero-order valence-corrected chi connectivity index (χ0v) is 11.0. The Morgan fingerprint density at radius 1 is 1.42 bits per heavy atom. The van der Waals surface area contributed by atoms with E-state index in [-0.39, 0.29) is 0 Å². The van der Waals surface area contributed by atoms with E-state index in [0.717, 1.165) is 17.5 Å². The highest BCUT2D eigenvalue weighted by atomic mass is 19.3. The minimum Gasteiger partial charge on any atom is -0.497 e. The lowest BCUT2D eigenvalue weighted by molar-refractivity contribution is -0.112. The van der Waals surface area contributed by atoms with E-state index in [2.05, 4.69) is 0 Å². The molecule has 104 valence electrons. The van der Waals surface area contributed by atoms with Crippen molar-refractivity contribution in [3.8, 4) is 5.75 Å². The molecule has 4 heteroatoms. The second kappa shape index (κ2) is 4.75. The summed E-state index contributed by atoms with van der Waals surface area (Å²) in [5, 5.41) is 0. The molecule has 0 bridgehead atoms. The molecule has 3 rings (SSSR count). The van der Waals surface area contributed by atoms with Crippen LogP contribution in [-0.4, -0.2) is 20.1 Å². The van der Waals surface area contributed by atoms with Crippen molar-refractivity contribution < 1.29 is 18.3 Å². The summed E-state index contributed by atoms with van der Waals surface area (Å²) in [5.41, 5.74) is 1.25. The molecule has 1 aromatic carbocycles. The second-order valence-corrected chi connectivity index (χ2v) is 5.34. The lowest BCUT2D eigenvalue weighted by Crippen LogP contribution is -2.42. The van der Waals surface area contributed by atoms with Crippen molar-refractivity contribution in [1.82, 2.24) is 0 Å². The van der Waals surface area contributed by atoms with Gasteiger partial charge in [-0.1, -0.05) is 6.07 Å². The van der Waals surface area contributed by atoms with Gasteiger partial charge >= 0.3 is 0 Å². The fourth-order valence-electron chi connectivity index (χ4n) is 3.53. The first-order valence-electron chi connectivity index (χ1n) is 6.77. The topological polar surface area (TPSA) is 18.5 Å². The van der Waals surface area contributed by atoms with Crippen molar-refractivity contribution in [1.29, 1.82) is 0 Å². The molecule has 2 aliphatic rings. The normalized spacial score (nSPS) is 29.8. The highest BCUT2D eigenvalue weighted by Crippen LogP contribution is 2.51. The predicted octanol–water partition coefficient (Wildman–Crippen LogP) is 3.53. The van der Waals surface area contributed by atoms with Crippen LogP contribution < -0.4 is 4.74 Å². The summed E-state index contributed by atoms with van der Waals surface area (Å²) >= 11 is 0. The van der Waals surface area contributed by atoms with Gasteiger partial charge in [-0.2, -0.15) is 0 Å². The summed E-state index contributed by atoms with van der Waals surface area (Å²) in [4.78, 5) is 0. The van der Waals surface area contributed by atoms with Gasteiger partial charge in [0.2, 0.25) is 6.43 Å². The van der Waals surface area contributed by atoms with Gasteiger partial charge in [0.15, 0.2) is 0 Å². The Hall–Kier alpha value is -1.16. The summed E-state index contributed by atoms with van der Waals surface area (Å²) in [6.45, 7) is 0.569. The molecular formula is C15H18F2O2. The van der Waals surface area contributed by atoms with Crippen LogP contribution in [0.1, 0.15) is 30.4 Å². The Balaban J connectivity index is 2.11. The number of rotatable bonds is 2. The minimum atomic E-state index is -2.34. The van der Waals surface area contributed by atoms with Crippen LogP contribution in [0.4, 0.5) is 8.78 Å². The van der Waals surface area contributed by atoms with Crippen molar-refractivity contribution in [2.24, 2.45) is 5.92 Å². The fourth-order valence-corrected chi connectivity index (χ4v) is 3.53. The summed E-state index contributed by atoms with van der Waals surface area (Å²) in [6.07, 6.45) is 0.385. The van der Waals surface area contributed by atoms with Gasteiger partial charge in [0.1, 0.15) is 11.4 Å². The third-order valence-corrected chi connectivity index (χ3v) is 4.45. The Morgan fingerprint density at radius 2 is 2.26 bits per heavy atom. The van der Waals surface area contributed by atoms with Crippen LogP contribution in [0, 0.1) is 5.92 Å². The number of fused-ring (bicyclic) bond motifs is 2. The maximum atomic E-state index is 13.4. The van der Waals surface area contributed by atoms with Crippen molar-refractivity contribution in [3.05, 3.63) is 29.3 Å². The number of ether oxygens (including phenoxy) is 2. The van der Waals surface area contributed by atoms with Crippen LogP contribution in [-0.2, 0) is 16.8 Å². The SMILES string of the molecule is COc1ccc2c(c1)[C@@]1(CCCO1)[C@@H](C(F)F)CC2. The molecule has 0 saturated carbocycles. The third-order valence-electron chi connectivity index (χ3n) is 4.45. The Labute approximate surface area is 111 Å². The zero-order chi connectivity index (χ0) is 13.5. The van der Waals surface area contributed by atoms with Gasteiger partial charge in [0.05, 0.1) is 13.0 Å². The molecule has 1 spiro atoms. The van der Waals surface area contributed by atoms with Gasteiger partial charge < -0.3 is 9.47 Å². The zero-order valence-electron chi connectivity index (χ0n) is 11.0. The van der Waals surface area contributed by atoms with E-state index in [9.17, 15) is 8.78 Å². The van der Waals surface area contributed by atoms with Gasteiger partial charge in [-0.05, 0) is 48.9 Å². The summed E-state index contributed by atoms with van der Waals surface area (Å²) < 4.78 is 37.8. The largest absolute Gasteiger partial charge is 0.497 e. The number of alkyl halides is 2. The van der Waals surface area contributed by atoms with E-state index in [4.69, 9.17) is 9.47 Å². The number of hydrogen-bond donors (Lipinski definition) is 0. The average Bonchev–Trinajstić information content (AvgIpc) is 2.88. The van der Waals surface area contributed by atoms with Crippen LogP contribution in [0.2, 0.25) is 0 Å². The molecule has 2 nitrogen and oxygen atoms in total. The van der Waals surface area contributed by atoms with Crippen LogP contribution >= 0.6 is 0 Å². The molecule has 0 N–H and O–H groups in total. The number of benzene rings is 1.